The monoisotopic (exact) mass is 180 g/mol. The average molecular weight is 180 g/mol. The molecule has 0 aromatic rings. The van der Waals surface area contributed by atoms with Crippen LogP contribution in [0, 0.1) is 0 Å². The molecule has 0 unspecified atom stereocenters. The molecule has 0 aliphatic carbocycles. The van der Waals surface area contributed by atoms with Gasteiger partial charge < -0.3 is 11.5 Å². The van der Waals surface area contributed by atoms with Crippen LogP contribution in [0.2, 0.25) is 0 Å². The maximum atomic E-state index is 5.36. The quantitative estimate of drug-likeness (QED) is 0.358. The van der Waals surface area contributed by atoms with Gasteiger partial charge in [-0.15, -0.1) is 0 Å². The van der Waals surface area contributed by atoms with E-state index in [4.69, 9.17) is 11.5 Å². The standard InChI is InChI=1S/C11H20N2/c12-10-8-6-4-2-1-3-5-7-9-11-13/h2,4-5,7,9,11H,1,3,6,8,10,12-13H2. The lowest BCUT2D eigenvalue weighted by molar-refractivity contribution is 0.850. The van der Waals surface area contributed by atoms with Gasteiger partial charge in [-0.1, -0.05) is 24.3 Å². The third kappa shape index (κ3) is 11.0. The van der Waals surface area contributed by atoms with Crippen LogP contribution in [0.4, 0.5) is 0 Å². The predicted octanol–water partition coefficient (Wildman–Crippen LogP) is 2.09. The summed E-state index contributed by atoms with van der Waals surface area (Å²) in [4.78, 5) is 0. The summed E-state index contributed by atoms with van der Waals surface area (Å²) in [7, 11) is 0. The van der Waals surface area contributed by atoms with Crippen molar-refractivity contribution in [1.29, 1.82) is 0 Å². The largest absolute Gasteiger partial charge is 0.405 e. The van der Waals surface area contributed by atoms with E-state index in [0.717, 1.165) is 32.2 Å². The Morgan fingerprint density at radius 3 is 2.23 bits per heavy atom. The first-order chi connectivity index (χ1) is 6.41. The molecule has 0 aromatic heterocycles. The topological polar surface area (TPSA) is 52.0 Å². The van der Waals surface area contributed by atoms with E-state index in [2.05, 4.69) is 18.2 Å². The number of nitrogens with two attached hydrogens (primary N) is 2. The fourth-order valence-electron chi connectivity index (χ4n) is 0.903. The Morgan fingerprint density at radius 1 is 0.846 bits per heavy atom. The molecule has 0 aromatic carbocycles. The Labute approximate surface area is 81.0 Å². The van der Waals surface area contributed by atoms with Crippen LogP contribution in [-0.4, -0.2) is 6.54 Å². The van der Waals surface area contributed by atoms with Crippen molar-refractivity contribution in [3.05, 3.63) is 36.6 Å². The number of hydrogen-bond acceptors (Lipinski definition) is 2. The van der Waals surface area contributed by atoms with E-state index < -0.39 is 0 Å². The Bertz CT molecular complexity index is 169. The van der Waals surface area contributed by atoms with Gasteiger partial charge >= 0.3 is 0 Å². The van der Waals surface area contributed by atoms with E-state index in [9.17, 15) is 0 Å². The Hall–Kier alpha value is -1.02. The molecule has 0 fully saturated rings. The first kappa shape index (κ1) is 12.0. The number of rotatable bonds is 7. The lowest BCUT2D eigenvalue weighted by Crippen LogP contribution is -1.96. The van der Waals surface area contributed by atoms with Crippen LogP contribution in [0.25, 0.3) is 0 Å². The SMILES string of the molecule is NC=CC=CCCC=CCCCN. The summed E-state index contributed by atoms with van der Waals surface area (Å²) in [5.41, 5.74) is 10.5. The molecule has 0 aliphatic rings. The molecule has 0 bridgehead atoms. The summed E-state index contributed by atoms with van der Waals surface area (Å²) in [5, 5.41) is 0. The molecule has 0 spiro atoms. The highest BCUT2D eigenvalue weighted by Crippen LogP contribution is 1.95. The highest BCUT2D eigenvalue weighted by atomic mass is 14.5. The van der Waals surface area contributed by atoms with E-state index in [0.29, 0.717) is 0 Å². The number of hydrogen-bond donors (Lipinski definition) is 2. The van der Waals surface area contributed by atoms with Crippen LogP contribution in [0.15, 0.2) is 36.6 Å². The molecule has 0 amide bonds. The van der Waals surface area contributed by atoms with Crippen molar-refractivity contribution in [3.63, 3.8) is 0 Å². The van der Waals surface area contributed by atoms with Crippen molar-refractivity contribution in [2.75, 3.05) is 6.54 Å². The lowest BCUT2D eigenvalue weighted by Gasteiger charge is -1.88. The third-order valence-corrected chi connectivity index (χ3v) is 1.60. The fourth-order valence-corrected chi connectivity index (χ4v) is 0.903. The summed E-state index contributed by atoms with van der Waals surface area (Å²) in [6.45, 7) is 0.783. The normalized spacial score (nSPS) is 12.4. The zero-order valence-corrected chi connectivity index (χ0v) is 8.15. The van der Waals surface area contributed by atoms with Crippen LogP contribution in [-0.2, 0) is 0 Å². The summed E-state index contributed by atoms with van der Waals surface area (Å²) < 4.78 is 0. The van der Waals surface area contributed by atoms with Gasteiger partial charge in [0.25, 0.3) is 0 Å². The number of unbranched alkanes of at least 4 members (excludes halogenated alkanes) is 2. The predicted molar refractivity (Wildman–Crippen MR) is 59.1 cm³/mol. The van der Waals surface area contributed by atoms with Crippen LogP contribution in [0.1, 0.15) is 25.7 Å². The molecule has 0 rings (SSSR count). The first-order valence-electron chi connectivity index (χ1n) is 4.80. The number of allylic oxidation sites excluding steroid dienone is 5. The van der Waals surface area contributed by atoms with Gasteiger partial charge in [0.05, 0.1) is 0 Å². The van der Waals surface area contributed by atoms with E-state index >= 15 is 0 Å². The molecule has 0 saturated heterocycles. The maximum absolute atomic E-state index is 5.36. The highest BCUT2D eigenvalue weighted by molar-refractivity contribution is 5.01. The molecule has 4 N–H and O–H groups in total. The highest BCUT2D eigenvalue weighted by Gasteiger charge is 1.78. The second-order valence-corrected chi connectivity index (χ2v) is 2.79. The van der Waals surface area contributed by atoms with Gasteiger partial charge in [0, 0.05) is 0 Å². The minimum atomic E-state index is 0.783. The second kappa shape index (κ2) is 11.0. The van der Waals surface area contributed by atoms with Crippen molar-refractivity contribution in [3.8, 4) is 0 Å². The summed E-state index contributed by atoms with van der Waals surface area (Å²) in [6.07, 6.45) is 16.2. The summed E-state index contributed by atoms with van der Waals surface area (Å²) >= 11 is 0. The van der Waals surface area contributed by atoms with Crippen molar-refractivity contribution in [2.45, 2.75) is 25.7 Å². The maximum Gasteiger partial charge on any atom is -0.00625 e. The van der Waals surface area contributed by atoms with Crippen molar-refractivity contribution in [1.82, 2.24) is 0 Å². The molecule has 2 nitrogen and oxygen atoms in total. The smallest absolute Gasteiger partial charge is 0.00625 e. The minimum absolute atomic E-state index is 0.783. The third-order valence-electron chi connectivity index (χ3n) is 1.60. The van der Waals surface area contributed by atoms with Crippen LogP contribution in [0.3, 0.4) is 0 Å². The van der Waals surface area contributed by atoms with Crippen molar-refractivity contribution < 1.29 is 0 Å². The Balaban J connectivity index is 3.19. The van der Waals surface area contributed by atoms with Crippen LogP contribution >= 0.6 is 0 Å². The van der Waals surface area contributed by atoms with Crippen LogP contribution in [0.5, 0.6) is 0 Å². The fraction of sp³-hybridized carbons (Fsp3) is 0.455. The second-order valence-electron chi connectivity index (χ2n) is 2.79. The van der Waals surface area contributed by atoms with Crippen molar-refractivity contribution >= 4 is 0 Å². The Kier molecular flexibility index (Phi) is 10.1. The first-order valence-corrected chi connectivity index (χ1v) is 4.80. The van der Waals surface area contributed by atoms with E-state index in [1.807, 2.05) is 12.2 Å². The van der Waals surface area contributed by atoms with Gasteiger partial charge in [-0.2, -0.15) is 0 Å². The molecule has 0 radical (unpaired) electrons. The summed E-state index contributed by atoms with van der Waals surface area (Å²) in [5.74, 6) is 0. The van der Waals surface area contributed by atoms with E-state index in [-0.39, 0.29) is 0 Å². The molecule has 0 saturated carbocycles. The van der Waals surface area contributed by atoms with E-state index in [1.54, 1.807) is 0 Å². The van der Waals surface area contributed by atoms with Gasteiger partial charge in [0.15, 0.2) is 0 Å². The van der Waals surface area contributed by atoms with Gasteiger partial charge in [-0.3, -0.25) is 0 Å². The minimum Gasteiger partial charge on any atom is -0.405 e. The molecule has 2 heteroatoms. The molecule has 13 heavy (non-hydrogen) atoms. The Morgan fingerprint density at radius 2 is 1.54 bits per heavy atom. The van der Waals surface area contributed by atoms with E-state index in [1.165, 1.54) is 6.20 Å². The molecule has 0 atom stereocenters. The van der Waals surface area contributed by atoms with Gasteiger partial charge in [-0.25, -0.2) is 0 Å². The lowest BCUT2D eigenvalue weighted by atomic mass is 10.2. The van der Waals surface area contributed by atoms with Crippen molar-refractivity contribution in [2.24, 2.45) is 11.5 Å². The average Bonchev–Trinajstić information content (AvgIpc) is 2.16. The molecular weight excluding hydrogens is 160 g/mol. The molecule has 0 heterocycles. The van der Waals surface area contributed by atoms with Gasteiger partial charge in [0.2, 0.25) is 0 Å². The molecular formula is C11H20N2. The summed E-state index contributed by atoms with van der Waals surface area (Å²) in [6, 6.07) is 0. The zero-order chi connectivity index (χ0) is 9.78. The zero-order valence-electron chi connectivity index (χ0n) is 8.15. The van der Waals surface area contributed by atoms with Crippen LogP contribution < -0.4 is 11.5 Å². The van der Waals surface area contributed by atoms with Gasteiger partial charge in [0.1, 0.15) is 0 Å². The van der Waals surface area contributed by atoms with Gasteiger partial charge in [-0.05, 0) is 44.5 Å². The molecule has 74 valence electrons. The molecule has 0 aliphatic heterocycles.